The van der Waals surface area contributed by atoms with Gasteiger partial charge in [-0.1, -0.05) is 13.8 Å². The summed E-state index contributed by atoms with van der Waals surface area (Å²) in [6.07, 6.45) is 1.95. The third-order valence-electron chi connectivity index (χ3n) is 2.99. The number of carbonyl (C=O) groups excluding carboxylic acids is 1. The highest BCUT2D eigenvalue weighted by molar-refractivity contribution is 6.01. The van der Waals surface area contributed by atoms with E-state index in [4.69, 9.17) is 10.5 Å². The van der Waals surface area contributed by atoms with Crippen molar-refractivity contribution < 1.29 is 9.53 Å². The van der Waals surface area contributed by atoms with Crippen molar-refractivity contribution >= 4 is 22.6 Å². The van der Waals surface area contributed by atoms with Crippen LogP contribution in [0.15, 0.2) is 18.3 Å². The predicted octanol–water partition coefficient (Wildman–Crippen LogP) is 3.05. The molecule has 18 heavy (non-hydrogen) atoms. The summed E-state index contributed by atoms with van der Waals surface area (Å²) in [7, 11) is 0. The zero-order valence-corrected chi connectivity index (χ0v) is 10.9. The standard InChI is InChI=1S/C14H18N2O2/c1-4-18-14(17)9-5-10-11(8(2)3)7-16-13(10)12(15)6-9/h5-8,16H,4,15H2,1-3H3. The van der Waals surface area contributed by atoms with E-state index in [0.29, 0.717) is 23.8 Å². The Morgan fingerprint density at radius 1 is 1.44 bits per heavy atom. The zero-order chi connectivity index (χ0) is 13.3. The minimum absolute atomic E-state index is 0.331. The molecule has 0 unspecified atom stereocenters. The van der Waals surface area contributed by atoms with E-state index in [0.717, 1.165) is 16.5 Å². The van der Waals surface area contributed by atoms with Crippen LogP contribution in [0.1, 0.15) is 42.6 Å². The molecule has 0 bridgehead atoms. The molecule has 1 aromatic carbocycles. The molecule has 1 heterocycles. The Morgan fingerprint density at radius 3 is 2.78 bits per heavy atom. The lowest BCUT2D eigenvalue weighted by atomic mass is 10.0. The summed E-state index contributed by atoms with van der Waals surface area (Å²) in [6, 6.07) is 3.50. The minimum atomic E-state index is -0.331. The van der Waals surface area contributed by atoms with E-state index < -0.39 is 0 Å². The number of carbonyl (C=O) groups is 1. The van der Waals surface area contributed by atoms with Crippen molar-refractivity contribution in [3.63, 3.8) is 0 Å². The number of hydrogen-bond acceptors (Lipinski definition) is 3. The van der Waals surface area contributed by atoms with Crippen LogP contribution in [0.2, 0.25) is 0 Å². The molecule has 0 amide bonds. The van der Waals surface area contributed by atoms with Crippen molar-refractivity contribution in [2.45, 2.75) is 26.7 Å². The van der Waals surface area contributed by atoms with Crippen LogP contribution in [-0.4, -0.2) is 17.6 Å². The fourth-order valence-electron chi connectivity index (χ4n) is 2.09. The van der Waals surface area contributed by atoms with Crippen LogP contribution in [0.3, 0.4) is 0 Å². The second-order valence-corrected chi connectivity index (χ2v) is 4.61. The van der Waals surface area contributed by atoms with Crippen molar-refractivity contribution in [1.29, 1.82) is 0 Å². The van der Waals surface area contributed by atoms with Gasteiger partial charge in [0.25, 0.3) is 0 Å². The lowest BCUT2D eigenvalue weighted by molar-refractivity contribution is 0.0526. The second-order valence-electron chi connectivity index (χ2n) is 4.61. The highest BCUT2D eigenvalue weighted by Crippen LogP contribution is 2.30. The fraction of sp³-hybridized carbons (Fsp3) is 0.357. The van der Waals surface area contributed by atoms with Crippen molar-refractivity contribution in [2.24, 2.45) is 0 Å². The van der Waals surface area contributed by atoms with E-state index in [1.807, 2.05) is 12.3 Å². The Bertz CT molecular complexity index is 585. The van der Waals surface area contributed by atoms with Gasteiger partial charge in [0, 0.05) is 11.6 Å². The van der Waals surface area contributed by atoms with Gasteiger partial charge in [0.05, 0.1) is 23.4 Å². The number of anilines is 1. The van der Waals surface area contributed by atoms with Crippen LogP contribution in [0.5, 0.6) is 0 Å². The van der Waals surface area contributed by atoms with Crippen LogP contribution >= 0.6 is 0 Å². The first-order valence-corrected chi connectivity index (χ1v) is 6.12. The number of aromatic amines is 1. The molecule has 2 rings (SSSR count). The Morgan fingerprint density at radius 2 is 2.17 bits per heavy atom. The largest absolute Gasteiger partial charge is 0.462 e. The first kappa shape index (κ1) is 12.5. The quantitative estimate of drug-likeness (QED) is 0.646. The normalized spacial score (nSPS) is 11.1. The maximum absolute atomic E-state index is 11.8. The zero-order valence-electron chi connectivity index (χ0n) is 10.9. The molecule has 0 aliphatic rings. The van der Waals surface area contributed by atoms with Gasteiger partial charge < -0.3 is 15.5 Å². The Kier molecular flexibility index (Phi) is 3.28. The highest BCUT2D eigenvalue weighted by Gasteiger charge is 2.14. The summed E-state index contributed by atoms with van der Waals surface area (Å²) in [6.45, 7) is 6.36. The van der Waals surface area contributed by atoms with E-state index in [1.54, 1.807) is 13.0 Å². The van der Waals surface area contributed by atoms with E-state index in [9.17, 15) is 4.79 Å². The summed E-state index contributed by atoms with van der Waals surface area (Å²) in [5.74, 6) is 0.0394. The number of nitrogen functional groups attached to an aromatic ring is 1. The lowest BCUT2D eigenvalue weighted by Gasteiger charge is -2.07. The summed E-state index contributed by atoms with van der Waals surface area (Å²) in [5, 5.41) is 0.994. The van der Waals surface area contributed by atoms with Crippen LogP contribution in [0.25, 0.3) is 10.9 Å². The molecule has 0 aliphatic carbocycles. The summed E-state index contributed by atoms with van der Waals surface area (Å²) < 4.78 is 5.00. The summed E-state index contributed by atoms with van der Waals surface area (Å²) in [4.78, 5) is 14.9. The summed E-state index contributed by atoms with van der Waals surface area (Å²) in [5.41, 5.74) is 9.08. The molecule has 0 radical (unpaired) electrons. The Labute approximate surface area is 106 Å². The smallest absolute Gasteiger partial charge is 0.338 e. The van der Waals surface area contributed by atoms with Crippen molar-refractivity contribution in [3.05, 3.63) is 29.5 Å². The first-order chi connectivity index (χ1) is 8.54. The molecular weight excluding hydrogens is 228 g/mol. The SMILES string of the molecule is CCOC(=O)c1cc(N)c2[nH]cc(C(C)C)c2c1. The van der Waals surface area contributed by atoms with Crippen LogP contribution in [0.4, 0.5) is 5.69 Å². The molecule has 2 aromatic rings. The number of esters is 1. The van der Waals surface area contributed by atoms with Crippen LogP contribution in [0, 0.1) is 0 Å². The van der Waals surface area contributed by atoms with Crippen LogP contribution < -0.4 is 5.73 Å². The van der Waals surface area contributed by atoms with Gasteiger partial charge in [-0.2, -0.15) is 0 Å². The third-order valence-corrected chi connectivity index (χ3v) is 2.99. The number of ether oxygens (including phenoxy) is 1. The average molecular weight is 246 g/mol. The van der Waals surface area contributed by atoms with Gasteiger partial charge >= 0.3 is 5.97 Å². The van der Waals surface area contributed by atoms with Gasteiger partial charge in [0.1, 0.15) is 0 Å². The monoisotopic (exact) mass is 246 g/mol. The summed E-state index contributed by atoms with van der Waals surface area (Å²) >= 11 is 0. The molecule has 0 aliphatic heterocycles. The highest BCUT2D eigenvalue weighted by atomic mass is 16.5. The number of nitrogens with one attached hydrogen (secondary N) is 1. The lowest BCUT2D eigenvalue weighted by Crippen LogP contribution is -2.05. The van der Waals surface area contributed by atoms with Crippen molar-refractivity contribution in [1.82, 2.24) is 4.98 Å². The van der Waals surface area contributed by atoms with E-state index >= 15 is 0 Å². The number of H-pyrrole nitrogens is 1. The van der Waals surface area contributed by atoms with Gasteiger partial charge in [-0.05, 0) is 30.5 Å². The molecule has 4 nitrogen and oxygen atoms in total. The van der Waals surface area contributed by atoms with E-state index in [2.05, 4.69) is 18.8 Å². The Balaban J connectivity index is 2.58. The molecule has 1 aromatic heterocycles. The number of fused-ring (bicyclic) bond motifs is 1. The number of rotatable bonds is 3. The van der Waals surface area contributed by atoms with Crippen molar-refractivity contribution in [3.8, 4) is 0 Å². The van der Waals surface area contributed by atoms with Gasteiger partial charge in [-0.15, -0.1) is 0 Å². The van der Waals surface area contributed by atoms with E-state index in [-0.39, 0.29) is 5.97 Å². The van der Waals surface area contributed by atoms with Gasteiger partial charge in [-0.3, -0.25) is 0 Å². The maximum Gasteiger partial charge on any atom is 0.338 e. The van der Waals surface area contributed by atoms with Gasteiger partial charge in [0.15, 0.2) is 0 Å². The topological polar surface area (TPSA) is 68.1 Å². The second kappa shape index (κ2) is 4.72. The molecule has 0 spiro atoms. The maximum atomic E-state index is 11.8. The van der Waals surface area contributed by atoms with Crippen molar-refractivity contribution in [2.75, 3.05) is 12.3 Å². The average Bonchev–Trinajstić information content (AvgIpc) is 2.73. The minimum Gasteiger partial charge on any atom is -0.462 e. The molecule has 0 saturated carbocycles. The molecule has 96 valence electrons. The third kappa shape index (κ3) is 2.06. The molecule has 0 saturated heterocycles. The molecular formula is C14H18N2O2. The first-order valence-electron chi connectivity index (χ1n) is 6.12. The molecule has 0 fully saturated rings. The number of aromatic nitrogens is 1. The van der Waals surface area contributed by atoms with Gasteiger partial charge in [-0.25, -0.2) is 4.79 Å². The number of benzene rings is 1. The number of hydrogen-bond donors (Lipinski definition) is 2. The molecule has 4 heteroatoms. The molecule has 3 N–H and O–H groups in total. The number of nitrogens with two attached hydrogens (primary N) is 1. The fourth-order valence-corrected chi connectivity index (χ4v) is 2.09. The Hall–Kier alpha value is -1.97. The molecule has 0 atom stereocenters. The van der Waals surface area contributed by atoms with E-state index in [1.165, 1.54) is 0 Å². The predicted molar refractivity (Wildman–Crippen MR) is 72.8 cm³/mol. The van der Waals surface area contributed by atoms with Gasteiger partial charge in [0.2, 0.25) is 0 Å². The van der Waals surface area contributed by atoms with Crippen LogP contribution in [-0.2, 0) is 4.74 Å².